The highest BCUT2D eigenvalue weighted by Crippen LogP contribution is 2.20. The van der Waals surface area contributed by atoms with Gasteiger partial charge >= 0.3 is 0 Å². The Hall–Kier alpha value is -0.860. The maximum Gasteiger partial charge on any atom is 0.0237 e. The lowest BCUT2D eigenvalue weighted by Crippen LogP contribution is -2.36. The van der Waals surface area contributed by atoms with Crippen LogP contribution < -0.4 is 5.32 Å². The lowest BCUT2D eigenvalue weighted by molar-refractivity contribution is 0.242. The molecule has 1 aromatic rings. The molecule has 1 saturated heterocycles. The fraction of sp³-hybridized carbons (Fsp3) is 0.600. The van der Waals surface area contributed by atoms with Gasteiger partial charge in [-0.3, -0.25) is 4.90 Å². The Morgan fingerprint density at radius 3 is 2.82 bits per heavy atom. The topological polar surface area (TPSA) is 15.3 Å². The van der Waals surface area contributed by atoms with Crippen LogP contribution in [0.25, 0.3) is 0 Å². The van der Waals surface area contributed by atoms with Gasteiger partial charge in [0.2, 0.25) is 0 Å². The molecule has 0 amide bonds. The van der Waals surface area contributed by atoms with Crippen molar-refractivity contribution >= 4 is 0 Å². The smallest absolute Gasteiger partial charge is 0.0237 e. The van der Waals surface area contributed by atoms with Crippen LogP contribution in [0, 0.1) is 13.8 Å². The average Bonchev–Trinajstić information content (AvgIpc) is 2.72. The first-order chi connectivity index (χ1) is 8.20. The molecule has 1 unspecified atom stereocenters. The molecule has 0 spiro atoms. The Bertz CT molecular complexity index is 373. The molecule has 0 aromatic heterocycles. The second-order valence-corrected chi connectivity index (χ2v) is 5.24. The van der Waals surface area contributed by atoms with E-state index in [0.29, 0.717) is 0 Å². The lowest BCUT2D eigenvalue weighted by atomic mass is 10.1. The highest BCUT2D eigenvalue weighted by molar-refractivity contribution is 5.29. The van der Waals surface area contributed by atoms with Crippen LogP contribution in [0.3, 0.4) is 0 Å². The standard InChI is InChI=1S/C15H24N2/c1-12-6-7-14(9-13(12)2)11-17-8-4-5-15(17)10-16-3/h6-7,9,15-16H,4-5,8,10-11H2,1-3H3. The molecule has 2 rings (SSSR count). The summed E-state index contributed by atoms with van der Waals surface area (Å²) >= 11 is 0. The van der Waals surface area contributed by atoms with Crippen molar-refractivity contribution in [3.63, 3.8) is 0 Å². The Labute approximate surface area is 105 Å². The summed E-state index contributed by atoms with van der Waals surface area (Å²) in [5.41, 5.74) is 4.25. The number of likely N-dealkylation sites (N-methyl/N-ethyl adjacent to an activating group) is 1. The van der Waals surface area contributed by atoms with Crippen LogP contribution >= 0.6 is 0 Å². The van der Waals surface area contributed by atoms with E-state index in [-0.39, 0.29) is 0 Å². The van der Waals surface area contributed by atoms with Gasteiger partial charge in [0.1, 0.15) is 0 Å². The monoisotopic (exact) mass is 232 g/mol. The summed E-state index contributed by atoms with van der Waals surface area (Å²) in [4.78, 5) is 2.61. The van der Waals surface area contributed by atoms with Gasteiger partial charge in [0.05, 0.1) is 0 Å². The minimum atomic E-state index is 0.724. The van der Waals surface area contributed by atoms with Crippen molar-refractivity contribution in [2.24, 2.45) is 0 Å². The highest BCUT2D eigenvalue weighted by Gasteiger charge is 2.23. The van der Waals surface area contributed by atoms with Crippen molar-refractivity contribution in [3.05, 3.63) is 34.9 Å². The minimum absolute atomic E-state index is 0.724. The number of rotatable bonds is 4. The number of benzene rings is 1. The number of aryl methyl sites for hydroxylation is 2. The molecule has 2 heteroatoms. The first-order valence-corrected chi connectivity index (χ1v) is 6.65. The predicted octanol–water partition coefficient (Wildman–Crippen LogP) is 2.49. The van der Waals surface area contributed by atoms with E-state index in [4.69, 9.17) is 0 Å². The molecule has 2 nitrogen and oxygen atoms in total. The maximum atomic E-state index is 3.30. The van der Waals surface area contributed by atoms with Crippen LogP contribution in [-0.4, -0.2) is 31.1 Å². The molecule has 0 radical (unpaired) electrons. The zero-order chi connectivity index (χ0) is 12.3. The number of nitrogens with one attached hydrogen (secondary N) is 1. The Kier molecular flexibility index (Phi) is 4.19. The van der Waals surface area contributed by atoms with E-state index in [2.05, 4.69) is 42.3 Å². The van der Waals surface area contributed by atoms with Crippen molar-refractivity contribution in [3.8, 4) is 0 Å². The number of nitrogens with zero attached hydrogens (tertiary/aromatic N) is 1. The first kappa shape index (κ1) is 12.6. The molecular formula is C15H24N2. The summed E-state index contributed by atoms with van der Waals surface area (Å²) in [6.45, 7) is 7.85. The summed E-state index contributed by atoms with van der Waals surface area (Å²) in [6.07, 6.45) is 2.68. The summed E-state index contributed by atoms with van der Waals surface area (Å²) in [5, 5.41) is 3.30. The van der Waals surface area contributed by atoms with Crippen molar-refractivity contribution in [1.82, 2.24) is 10.2 Å². The zero-order valence-electron chi connectivity index (χ0n) is 11.3. The van der Waals surface area contributed by atoms with Crippen molar-refractivity contribution in [2.75, 3.05) is 20.1 Å². The van der Waals surface area contributed by atoms with Gasteiger partial charge in [-0.05, 0) is 57.0 Å². The van der Waals surface area contributed by atoms with Gasteiger partial charge in [0, 0.05) is 19.1 Å². The SMILES string of the molecule is CNCC1CCCN1Cc1ccc(C)c(C)c1. The molecule has 1 aromatic carbocycles. The van der Waals surface area contributed by atoms with Crippen molar-refractivity contribution < 1.29 is 0 Å². The van der Waals surface area contributed by atoms with Crippen LogP contribution in [-0.2, 0) is 6.54 Å². The second-order valence-electron chi connectivity index (χ2n) is 5.24. The fourth-order valence-electron chi connectivity index (χ4n) is 2.71. The Balaban J connectivity index is 2.02. The summed E-state index contributed by atoms with van der Waals surface area (Å²) < 4.78 is 0. The summed E-state index contributed by atoms with van der Waals surface area (Å²) in [6, 6.07) is 7.58. The quantitative estimate of drug-likeness (QED) is 0.858. The Morgan fingerprint density at radius 2 is 2.12 bits per heavy atom. The van der Waals surface area contributed by atoms with Crippen LogP contribution in [0.1, 0.15) is 29.5 Å². The molecule has 1 fully saturated rings. The zero-order valence-corrected chi connectivity index (χ0v) is 11.3. The normalized spacial score (nSPS) is 21.0. The van der Waals surface area contributed by atoms with E-state index < -0.39 is 0 Å². The van der Waals surface area contributed by atoms with Gasteiger partial charge < -0.3 is 5.32 Å². The molecule has 0 bridgehead atoms. The van der Waals surface area contributed by atoms with Crippen molar-refractivity contribution in [2.45, 2.75) is 39.3 Å². The largest absolute Gasteiger partial charge is 0.318 e. The Morgan fingerprint density at radius 1 is 1.29 bits per heavy atom. The van der Waals surface area contributed by atoms with Crippen LogP contribution in [0.5, 0.6) is 0 Å². The van der Waals surface area contributed by atoms with E-state index in [1.165, 1.54) is 36.1 Å². The number of hydrogen-bond donors (Lipinski definition) is 1. The van der Waals surface area contributed by atoms with Gasteiger partial charge in [0.15, 0.2) is 0 Å². The molecular weight excluding hydrogens is 208 g/mol. The van der Waals surface area contributed by atoms with E-state index in [1.807, 2.05) is 7.05 Å². The van der Waals surface area contributed by atoms with E-state index in [1.54, 1.807) is 0 Å². The molecule has 17 heavy (non-hydrogen) atoms. The van der Waals surface area contributed by atoms with Crippen LogP contribution in [0.4, 0.5) is 0 Å². The predicted molar refractivity (Wildman–Crippen MR) is 73.3 cm³/mol. The lowest BCUT2D eigenvalue weighted by Gasteiger charge is -2.24. The van der Waals surface area contributed by atoms with Gasteiger partial charge in [-0.15, -0.1) is 0 Å². The number of likely N-dealkylation sites (tertiary alicyclic amines) is 1. The molecule has 1 heterocycles. The maximum absolute atomic E-state index is 3.30. The number of hydrogen-bond acceptors (Lipinski definition) is 2. The molecule has 0 aliphatic carbocycles. The third-order valence-corrected chi connectivity index (χ3v) is 3.90. The van der Waals surface area contributed by atoms with E-state index in [0.717, 1.165) is 19.1 Å². The molecule has 1 aliphatic heterocycles. The van der Waals surface area contributed by atoms with E-state index in [9.17, 15) is 0 Å². The van der Waals surface area contributed by atoms with Crippen molar-refractivity contribution in [1.29, 1.82) is 0 Å². The van der Waals surface area contributed by atoms with E-state index >= 15 is 0 Å². The van der Waals surface area contributed by atoms with Gasteiger partial charge in [0.25, 0.3) is 0 Å². The molecule has 1 atom stereocenters. The minimum Gasteiger partial charge on any atom is -0.318 e. The third kappa shape index (κ3) is 3.08. The first-order valence-electron chi connectivity index (χ1n) is 6.65. The summed E-state index contributed by atoms with van der Waals surface area (Å²) in [7, 11) is 2.05. The van der Waals surface area contributed by atoms with Gasteiger partial charge in [-0.2, -0.15) is 0 Å². The molecule has 1 N–H and O–H groups in total. The van der Waals surface area contributed by atoms with Crippen LogP contribution in [0.15, 0.2) is 18.2 Å². The van der Waals surface area contributed by atoms with Gasteiger partial charge in [-0.25, -0.2) is 0 Å². The third-order valence-electron chi connectivity index (χ3n) is 3.90. The molecule has 1 aliphatic rings. The molecule has 0 saturated carbocycles. The van der Waals surface area contributed by atoms with Crippen LogP contribution in [0.2, 0.25) is 0 Å². The average molecular weight is 232 g/mol. The molecule has 94 valence electrons. The summed E-state index contributed by atoms with van der Waals surface area (Å²) in [5.74, 6) is 0. The highest BCUT2D eigenvalue weighted by atomic mass is 15.2. The second kappa shape index (κ2) is 5.65. The van der Waals surface area contributed by atoms with Gasteiger partial charge in [-0.1, -0.05) is 18.2 Å². The fourth-order valence-corrected chi connectivity index (χ4v) is 2.71.